The molecule has 2 aromatic rings. The van der Waals surface area contributed by atoms with Crippen LogP contribution in [-0.2, 0) is 13.6 Å². The van der Waals surface area contributed by atoms with Gasteiger partial charge in [-0.05, 0) is 6.07 Å². The van der Waals surface area contributed by atoms with Crippen molar-refractivity contribution in [2.45, 2.75) is 6.54 Å². The van der Waals surface area contributed by atoms with E-state index >= 15 is 0 Å². The Bertz CT molecular complexity index is 669. The third-order valence-corrected chi connectivity index (χ3v) is 3.40. The minimum Gasteiger partial charge on any atom is -0.496 e. The number of ether oxygens (including phenoxy) is 1. The predicted molar refractivity (Wildman–Crippen MR) is 81.4 cm³/mol. The summed E-state index contributed by atoms with van der Waals surface area (Å²) >= 11 is 5.99. The van der Waals surface area contributed by atoms with Crippen molar-refractivity contribution in [3.63, 3.8) is 0 Å². The van der Waals surface area contributed by atoms with E-state index in [0.29, 0.717) is 28.6 Å². The van der Waals surface area contributed by atoms with Crippen LogP contribution in [0.4, 0.5) is 5.69 Å². The number of nitrogens with zero attached hydrogens (tertiary/aromatic N) is 3. The lowest BCUT2D eigenvalue weighted by atomic mass is 10.1. The summed E-state index contributed by atoms with van der Waals surface area (Å²) in [5.41, 5.74) is 7.41. The molecule has 1 aromatic heterocycles. The summed E-state index contributed by atoms with van der Waals surface area (Å²) in [6.45, 7) is 0.442. The van der Waals surface area contributed by atoms with Crippen molar-refractivity contribution >= 4 is 23.2 Å². The monoisotopic (exact) mass is 308 g/mol. The molecule has 0 radical (unpaired) electrons. The highest BCUT2D eigenvalue weighted by molar-refractivity contribution is 6.33. The van der Waals surface area contributed by atoms with Crippen LogP contribution in [0, 0.1) is 0 Å². The number of hydrogen-bond donors (Lipinski definition) is 1. The summed E-state index contributed by atoms with van der Waals surface area (Å²) < 4.78 is 6.89. The summed E-state index contributed by atoms with van der Waals surface area (Å²) in [5, 5.41) is 4.41. The number of carbonyl (C=O) groups is 1. The van der Waals surface area contributed by atoms with Crippen LogP contribution in [0.2, 0.25) is 5.02 Å². The lowest BCUT2D eigenvalue weighted by molar-refractivity contribution is 0.0781. The van der Waals surface area contributed by atoms with E-state index in [1.54, 1.807) is 28.9 Å². The van der Waals surface area contributed by atoms with Gasteiger partial charge in [0.25, 0.3) is 5.91 Å². The molecular formula is C14H17ClN4O2. The number of aryl methyl sites for hydroxylation is 1. The molecule has 6 nitrogen and oxygen atoms in total. The molecule has 0 bridgehead atoms. The molecule has 0 aliphatic heterocycles. The summed E-state index contributed by atoms with van der Waals surface area (Å²) in [5.74, 6) is 0.206. The average molecular weight is 309 g/mol. The summed E-state index contributed by atoms with van der Waals surface area (Å²) in [4.78, 5) is 14.1. The fraction of sp³-hybridized carbons (Fsp3) is 0.286. The predicted octanol–water partition coefficient (Wildman–Crippen LogP) is 1.94. The highest BCUT2D eigenvalue weighted by atomic mass is 35.5. The van der Waals surface area contributed by atoms with E-state index in [0.717, 1.165) is 5.56 Å². The highest BCUT2D eigenvalue weighted by Gasteiger charge is 2.19. The van der Waals surface area contributed by atoms with Gasteiger partial charge in [-0.1, -0.05) is 11.6 Å². The van der Waals surface area contributed by atoms with Crippen molar-refractivity contribution in [3.05, 3.63) is 40.7 Å². The maximum absolute atomic E-state index is 12.5. The molecule has 2 N–H and O–H groups in total. The Kier molecular flexibility index (Phi) is 4.37. The van der Waals surface area contributed by atoms with E-state index in [1.807, 2.05) is 13.2 Å². The molecule has 0 aliphatic rings. The molecule has 0 fully saturated rings. The van der Waals surface area contributed by atoms with E-state index < -0.39 is 0 Å². The van der Waals surface area contributed by atoms with Gasteiger partial charge in [0.2, 0.25) is 0 Å². The van der Waals surface area contributed by atoms with Crippen molar-refractivity contribution in [2.24, 2.45) is 7.05 Å². The molecule has 1 heterocycles. The second-order valence-electron chi connectivity index (χ2n) is 4.76. The Hall–Kier alpha value is -2.21. The Morgan fingerprint density at radius 2 is 2.24 bits per heavy atom. The first-order chi connectivity index (χ1) is 9.92. The third kappa shape index (κ3) is 3.28. The number of nitrogen functional groups attached to an aromatic ring is 1. The fourth-order valence-corrected chi connectivity index (χ4v) is 2.17. The fourth-order valence-electron chi connectivity index (χ4n) is 2.01. The quantitative estimate of drug-likeness (QED) is 0.876. The SMILES string of the molecule is COc1cc(N)c(Cl)cc1C(=O)N(C)Cc1cnn(C)c1. The summed E-state index contributed by atoms with van der Waals surface area (Å²) in [7, 11) is 5.02. The first-order valence-corrected chi connectivity index (χ1v) is 6.66. The van der Waals surface area contributed by atoms with Crippen LogP contribution in [0.1, 0.15) is 15.9 Å². The van der Waals surface area contributed by atoms with Crippen LogP contribution >= 0.6 is 11.6 Å². The van der Waals surface area contributed by atoms with Crippen molar-refractivity contribution in [1.29, 1.82) is 0 Å². The van der Waals surface area contributed by atoms with Gasteiger partial charge in [0, 0.05) is 38.5 Å². The van der Waals surface area contributed by atoms with Crippen LogP contribution in [0.5, 0.6) is 5.75 Å². The summed E-state index contributed by atoms with van der Waals surface area (Å²) in [6, 6.07) is 3.07. The topological polar surface area (TPSA) is 73.4 Å². The number of methoxy groups -OCH3 is 1. The van der Waals surface area contributed by atoms with Crippen molar-refractivity contribution in [2.75, 3.05) is 19.9 Å². The van der Waals surface area contributed by atoms with Crippen LogP contribution in [0.15, 0.2) is 24.5 Å². The van der Waals surface area contributed by atoms with Gasteiger partial charge in [0.1, 0.15) is 5.75 Å². The Morgan fingerprint density at radius 3 is 2.81 bits per heavy atom. The zero-order valence-corrected chi connectivity index (χ0v) is 12.9. The Balaban J connectivity index is 2.24. The lowest BCUT2D eigenvalue weighted by Gasteiger charge is -2.18. The van der Waals surface area contributed by atoms with Crippen LogP contribution < -0.4 is 10.5 Å². The Labute approximate surface area is 128 Å². The molecular weight excluding hydrogens is 292 g/mol. The number of rotatable bonds is 4. The van der Waals surface area contributed by atoms with E-state index in [2.05, 4.69) is 5.10 Å². The van der Waals surface area contributed by atoms with Gasteiger partial charge in [-0.2, -0.15) is 5.10 Å². The molecule has 1 aromatic carbocycles. The van der Waals surface area contributed by atoms with Gasteiger partial charge in [-0.3, -0.25) is 9.48 Å². The maximum atomic E-state index is 12.5. The van der Waals surface area contributed by atoms with Crippen LogP contribution in [-0.4, -0.2) is 34.7 Å². The number of anilines is 1. The average Bonchev–Trinajstić information content (AvgIpc) is 2.85. The normalized spacial score (nSPS) is 10.5. The number of hydrogen-bond acceptors (Lipinski definition) is 4. The molecule has 0 saturated heterocycles. The molecule has 112 valence electrons. The smallest absolute Gasteiger partial charge is 0.257 e. The first-order valence-electron chi connectivity index (χ1n) is 6.28. The van der Waals surface area contributed by atoms with Crippen molar-refractivity contribution < 1.29 is 9.53 Å². The van der Waals surface area contributed by atoms with Gasteiger partial charge in [-0.25, -0.2) is 0 Å². The number of carbonyl (C=O) groups excluding carboxylic acids is 1. The molecule has 0 saturated carbocycles. The standard InChI is InChI=1S/C14H17ClN4O2/c1-18(7-9-6-17-19(2)8-9)14(20)10-4-11(15)12(16)5-13(10)21-3/h4-6,8H,7,16H2,1-3H3. The minimum absolute atomic E-state index is 0.197. The van der Waals surface area contributed by atoms with Gasteiger partial charge in [-0.15, -0.1) is 0 Å². The number of nitrogens with two attached hydrogens (primary N) is 1. The molecule has 2 rings (SSSR count). The zero-order chi connectivity index (χ0) is 15.6. The van der Waals surface area contributed by atoms with E-state index in [4.69, 9.17) is 22.1 Å². The van der Waals surface area contributed by atoms with Crippen molar-refractivity contribution in [3.8, 4) is 5.75 Å². The number of benzene rings is 1. The third-order valence-electron chi connectivity index (χ3n) is 3.07. The van der Waals surface area contributed by atoms with Crippen molar-refractivity contribution in [1.82, 2.24) is 14.7 Å². The molecule has 0 spiro atoms. The second-order valence-corrected chi connectivity index (χ2v) is 5.16. The lowest BCUT2D eigenvalue weighted by Crippen LogP contribution is -2.26. The van der Waals surface area contributed by atoms with Gasteiger partial charge in [0.05, 0.1) is 29.6 Å². The van der Waals surface area contributed by atoms with Gasteiger partial charge < -0.3 is 15.4 Å². The maximum Gasteiger partial charge on any atom is 0.257 e. The van der Waals surface area contributed by atoms with Crippen LogP contribution in [0.25, 0.3) is 0 Å². The largest absolute Gasteiger partial charge is 0.496 e. The molecule has 1 amide bonds. The first kappa shape index (κ1) is 15.2. The minimum atomic E-state index is -0.197. The highest BCUT2D eigenvalue weighted by Crippen LogP contribution is 2.29. The van der Waals surface area contributed by atoms with E-state index in [1.165, 1.54) is 13.2 Å². The number of aromatic nitrogens is 2. The number of amides is 1. The Morgan fingerprint density at radius 1 is 1.52 bits per heavy atom. The second kappa shape index (κ2) is 6.05. The molecule has 0 aliphatic carbocycles. The van der Waals surface area contributed by atoms with Crippen LogP contribution in [0.3, 0.4) is 0 Å². The molecule has 0 unspecified atom stereocenters. The number of halogens is 1. The van der Waals surface area contributed by atoms with Gasteiger partial charge >= 0.3 is 0 Å². The zero-order valence-electron chi connectivity index (χ0n) is 12.1. The summed E-state index contributed by atoms with van der Waals surface area (Å²) in [6.07, 6.45) is 3.58. The van der Waals surface area contributed by atoms with E-state index in [9.17, 15) is 4.79 Å². The molecule has 21 heavy (non-hydrogen) atoms. The molecule has 7 heteroatoms. The molecule has 0 atom stereocenters. The van der Waals surface area contributed by atoms with Gasteiger partial charge in [0.15, 0.2) is 0 Å². The van der Waals surface area contributed by atoms with E-state index in [-0.39, 0.29) is 5.91 Å².